The molecule has 154 valence electrons. The molecule has 3 rings (SSSR count). The van der Waals surface area contributed by atoms with Crippen LogP contribution in [0.2, 0.25) is 0 Å². The first kappa shape index (κ1) is 20.7. The summed E-state index contributed by atoms with van der Waals surface area (Å²) in [6.45, 7) is 1.01. The summed E-state index contributed by atoms with van der Waals surface area (Å²) in [5.41, 5.74) is 3.06. The zero-order valence-corrected chi connectivity index (χ0v) is 16.5. The van der Waals surface area contributed by atoms with E-state index < -0.39 is 14.9 Å². The molecule has 1 aliphatic rings. The maximum Gasteiger partial charge on any atom is 0.295 e. The average molecular weight is 420 g/mol. The second kappa shape index (κ2) is 8.99. The van der Waals surface area contributed by atoms with Crippen LogP contribution in [0.4, 0.5) is 11.4 Å². The summed E-state index contributed by atoms with van der Waals surface area (Å²) >= 11 is 0. The number of anilines is 1. The van der Waals surface area contributed by atoms with Crippen LogP contribution in [0.25, 0.3) is 0 Å². The van der Waals surface area contributed by atoms with Gasteiger partial charge in [-0.05, 0) is 42.0 Å². The van der Waals surface area contributed by atoms with E-state index in [1.807, 2.05) is 0 Å². The first-order valence-corrected chi connectivity index (χ1v) is 10.2. The number of nitrogens with one attached hydrogen (secondary N) is 1. The molecule has 10 nitrogen and oxygen atoms in total. The maximum absolute atomic E-state index is 12.7. The molecule has 1 N–H and O–H groups in total. The van der Waals surface area contributed by atoms with Crippen LogP contribution in [-0.2, 0) is 14.8 Å². The monoisotopic (exact) mass is 420 g/mol. The van der Waals surface area contributed by atoms with E-state index in [0.717, 1.165) is 11.6 Å². The smallest absolute Gasteiger partial charge is 0.295 e. The number of nitro benzene ring substituents is 1. The molecular formula is C18H20N4O6S. The molecule has 0 atom stereocenters. The molecule has 0 amide bonds. The minimum Gasteiger partial charge on any atom is -0.497 e. The Morgan fingerprint density at radius 2 is 1.90 bits per heavy atom. The molecule has 0 aliphatic carbocycles. The number of hydrogen-bond donors (Lipinski definition) is 1. The van der Waals surface area contributed by atoms with Crippen molar-refractivity contribution in [1.82, 2.24) is 4.31 Å². The zero-order chi connectivity index (χ0) is 20.9. The van der Waals surface area contributed by atoms with E-state index in [2.05, 4.69) is 10.5 Å². The number of methoxy groups -OCH3 is 1. The van der Waals surface area contributed by atoms with Crippen molar-refractivity contribution < 1.29 is 22.8 Å². The van der Waals surface area contributed by atoms with Crippen LogP contribution in [0.5, 0.6) is 5.75 Å². The number of nitrogens with zero attached hydrogens (tertiary/aromatic N) is 3. The first-order chi connectivity index (χ1) is 13.9. The van der Waals surface area contributed by atoms with Crippen molar-refractivity contribution in [3.8, 4) is 5.75 Å². The fourth-order valence-electron chi connectivity index (χ4n) is 2.72. The van der Waals surface area contributed by atoms with Crippen LogP contribution in [-0.4, -0.2) is 57.3 Å². The lowest BCUT2D eigenvalue weighted by Crippen LogP contribution is -2.40. The Morgan fingerprint density at radius 3 is 2.52 bits per heavy atom. The summed E-state index contributed by atoms with van der Waals surface area (Å²) in [4.78, 5) is 10.7. The second-order valence-electron chi connectivity index (χ2n) is 6.10. The van der Waals surface area contributed by atoms with Crippen molar-refractivity contribution in [3.05, 3.63) is 58.1 Å². The molecule has 1 aliphatic heterocycles. The van der Waals surface area contributed by atoms with Crippen LogP contribution in [0, 0.1) is 10.1 Å². The number of sulfonamides is 1. The Kier molecular flexibility index (Phi) is 6.42. The lowest BCUT2D eigenvalue weighted by atomic mass is 10.2. The van der Waals surface area contributed by atoms with Crippen LogP contribution >= 0.6 is 0 Å². The number of rotatable bonds is 7. The Morgan fingerprint density at radius 1 is 1.21 bits per heavy atom. The van der Waals surface area contributed by atoms with Crippen LogP contribution in [0.3, 0.4) is 0 Å². The highest BCUT2D eigenvalue weighted by Crippen LogP contribution is 2.29. The fourth-order valence-corrected chi connectivity index (χ4v) is 4.15. The molecule has 1 fully saturated rings. The SMILES string of the molecule is COc1ccc(/C=N\Nc2ccc(S(=O)(=O)N3CCOCC3)cc2[N+](=O)[O-])cc1. The van der Waals surface area contributed by atoms with Gasteiger partial charge in [0.25, 0.3) is 5.69 Å². The van der Waals surface area contributed by atoms with Crippen molar-refractivity contribution in [3.63, 3.8) is 0 Å². The summed E-state index contributed by atoms with van der Waals surface area (Å²) in [6, 6.07) is 10.8. The van der Waals surface area contributed by atoms with E-state index in [0.29, 0.717) is 19.0 Å². The van der Waals surface area contributed by atoms with E-state index in [-0.39, 0.29) is 29.4 Å². The number of morpholine rings is 1. The van der Waals surface area contributed by atoms with E-state index >= 15 is 0 Å². The minimum absolute atomic E-state index is 0.0840. The van der Waals surface area contributed by atoms with Gasteiger partial charge in [-0.1, -0.05) is 0 Å². The third-order valence-electron chi connectivity index (χ3n) is 4.29. The molecule has 0 unspecified atom stereocenters. The van der Waals surface area contributed by atoms with Gasteiger partial charge in [0.15, 0.2) is 0 Å². The minimum atomic E-state index is -3.83. The van der Waals surface area contributed by atoms with Crippen molar-refractivity contribution in [1.29, 1.82) is 0 Å². The number of hydrazone groups is 1. The number of hydrogen-bond acceptors (Lipinski definition) is 8. The van der Waals surface area contributed by atoms with Gasteiger partial charge in [-0.15, -0.1) is 0 Å². The predicted molar refractivity (Wildman–Crippen MR) is 107 cm³/mol. The fraction of sp³-hybridized carbons (Fsp3) is 0.278. The highest BCUT2D eigenvalue weighted by Gasteiger charge is 2.28. The summed E-state index contributed by atoms with van der Waals surface area (Å²) in [5.74, 6) is 0.697. The van der Waals surface area contributed by atoms with Gasteiger partial charge < -0.3 is 9.47 Å². The van der Waals surface area contributed by atoms with E-state index in [4.69, 9.17) is 9.47 Å². The van der Waals surface area contributed by atoms with Gasteiger partial charge in [-0.2, -0.15) is 9.41 Å². The molecule has 2 aromatic carbocycles. The lowest BCUT2D eigenvalue weighted by molar-refractivity contribution is -0.384. The molecule has 0 aromatic heterocycles. The largest absolute Gasteiger partial charge is 0.497 e. The summed E-state index contributed by atoms with van der Waals surface area (Å²) in [5, 5.41) is 15.4. The summed E-state index contributed by atoms with van der Waals surface area (Å²) in [6.07, 6.45) is 1.49. The van der Waals surface area contributed by atoms with Crippen molar-refractivity contribution in [2.45, 2.75) is 4.90 Å². The molecule has 0 saturated carbocycles. The average Bonchev–Trinajstić information content (AvgIpc) is 2.74. The molecule has 0 spiro atoms. The topological polar surface area (TPSA) is 123 Å². The second-order valence-corrected chi connectivity index (χ2v) is 8.03. The Balaban J connectivity index is 1.80. The Hall–Kier alpha value is -3.02. The molecule has 11 heteroatoms. The number of ether oxygens (including phenoxy) is 2. The highest BCUT2D eigenvalue weighted by atomic mass is 32.2. The van der Waals surface area contributed by atoms with Gasteiger partial charge in [-0.25, -0.2) is 8.42 Å². The summed E-state index contributed by atoms with van der Waals surface area (Å²) in [7, 11) is -2.27. The predicted octanol–water partition coefficient (Wildman–Crippen LogP) is 2.07. The lowest BCUT2D eigenvalue weighted by Gasteiger charge is -2.26. The van der Waals surface area contributed by atoms with Crippen molar-refractivity contribution in [2.75, 3.05) is 38.8 Å². The maximum atomic E-state index is 12.7. The first-order valence-electron chi connectivity index (χ1n) is 8.71. The Labute approximate surface area is 167 Å². The molecule has 2 aromatic rings. The number of benzene rings is 2. The molecule has 1 saturated heterocycles. The Bertz CT molecular complexity index is 1000. The quantitative estimate of drug-likeness (QED) is 0.413. The van der Waals surface area contributed by atoms with Gasteiger partial charge in [0.05, 0.1) is 36.4 Å². The third kappa shape index (κ3) is 4.88. The van der Waals surface area contributed by atoms with Crippen LogP contribution < -0.4 is 10.2 Å². The van der Waals surface area contributed by atoms with Gasteiger partial charge in [0.1, 0.15) is 11.4 Å². The van der Waals surface area contributed by atoms with Crippen LogP contribution in [0.15, 0.2) is 52.5 Å². The van der Waals surface area contributed by atoms with E-state index in [9.17, 15) is 18.5 Å². The van der Waals surface area contributed by atoms with Crippen LogP contribution in [0.1, 0.15) is 5.56 Å². The zero-order valence-electron chi connectivity index (χ0n) is 15.6. The molecule has 0 bridgehead atoms. The van der Waals surface area contributed by atoms with Crippen molar-refractivity contribution >= 4 is 27.6 Å². The molecule has 0 radical (unpaired) electrons. The highest BCUT2D eigenvalue weighted by molar-refractivity contribution is 7.89. The standard InChI is InChI=1S/C18H20N4O6S/c1-27-15-4-2-14(3-5-15)13-19-20-17-7-6-16(12-18(17)22(23)24)29(25,26)21-8-10-28-11-9-21/h2-7,12-13,20H,8-11H2,1H3/b19-13-. The van der Waals surface area contributed by atoms with E-state index in [1.165, 1.54) is 22.7 Å². The van der Waals surface area contributed by atoms with Gasteiger partial charge in [0, 0.05) is 19.2 Å². The van der Waals surface area contributed by atoms with E-state index in [1.54, 1.807) is 31.4 Å². The summed E-state index contributed by atoms with van der Waals surface area (Å²) < 4.78 is 36.9. The van der Waals surface area contributed by atoms with Gasteiger partial charge >= 0.3 is 0 Å². The van der Waals surface area contributed by atoms with Gasteiger partial charge in [-0.3, -0.25) is 15.5 Å². The third-order valence-corrected chi connectivity index (χ3v) is 6.18. The number of nitro groups is 1. The van der Waals surface area contributed by atoms with Crippen molar-refractivity contribution in [2.24, 2.45) is 5.10 Å². The molecule has 1 heterocycles. The van der Waals surface area contributed by atoms with Gasteiger partial charge in [0.2, 0.25) is 10.0 Å². The normalized spacial score (nSPS) is 15.3. The molecular weight excluding hydrogens is 400 g/mol. The molecule has 29 heavy (non-hydrogen) atoms.